The van der Waals surface area contributed by atoms with Crippen molar-refractivity contribution in [2.75, 3.05) is 32.7 Å². The average Bonchev–Trinajstić information content (AvgIpc) is 2.87. The van der Waals surface area contributed by atoms with Gasteiger partial charge >= 0.3 is 0 Å². The van der Waals surface area contributed by atoms with E-state index in [9.17, 15) is 5.11 Å². The Morgan fingerprint density at radius 2 is 1.57 bits per heavy atom. The van der Waals surface area contributed by atoms with Gasteiger partial charge in [0.1, 0.15) is 0 Å². The minimum Gasteiger partial charge on any atom is -0.389 e. The molecule has 7 unspecified atom stereocenters. The number of hydrogen-bond acceptors (Lipinski definition) is 3. The van der Waals surface area contributed by atoms with Crippen molar-refractivity contribution >= 4 is 0 Å². The van der Waals surface area contributed by atoms with Crippen LogP contribution in [0, 0.1) is 17.3 Å². The molecule has 3 nitrogen and oxygen atoms in total. The predicted molar refractivity (Wildman–Crippen MR) is 147 cm³/mol. The standard InChI is InChI=1S/C32H50N2O/c35-29-18-14-10-12-16-21-34-25-28-23-27-17-13-9-7-5-3-1-2-4-6-8-11-15-20-33-22-19-30(28)32(24-29,26-33)31(27)34/h8,10-12,14,18,23,28-31,35H,1-7,9,13,15-17,19-22,24-26H2/b11-8-,12-10-,18-14-. The lowest BCUT2D eigenvalue weighted by atomic mass is 9.51. The van der Waals surface area contributed by atoms with Crippen LogP contribution in [0.1, 0.15) is 89.9 Å². The predicted octanol–water partition coefficient (Wildman–Crippen LogP) is 6.66. The monoisotopic (exact) mass is 478 g/mol. The first kappa shape index (κ1) is 25.5. The fourth-order valence-electron chi connectivity index (χ4n) is 8.33. The van der Waals surface area contributed by atoms with Gasteiger partial charge < -0.3 is 10.0 Å². The van der Waals surface area contributed by atoms with Gasteiger partial charge in [-0.2, -0.15) is 0 Å². The zero-order valence-electron chi connectivity index (χ0n) is 22.1. The van der Waals surface area contributed by atoms with Crippen LogP contribution in [-0.2, 0) is 0 Å². The number of aliphatic hydroxyl groups is 1. The Bertz CT molecular complexity index is 797. The van der Waals surface area contributed by atoms with Gasteiger partial charge in [-0.25, -0.2) is 0 Å². The summed E-state index contributed by atoms with van der Waals surface area (Å²) in [5, 5.41) is 11.2. The first-order valence-corrected chi connectivity index (χ1v) is 15.1. The van der Waals surface area contributed by atoms with Crippen molar-refractivity contribution < 1.29 is 5.11 Å². The normalized spacial score (nSPS) is 44.1. The molecule has 2 fully saturated rings. The molecule has 1 N–H and O–H groups in total. The molecule has 0 aromatic carbocycles. The fraction of sp³-hybridized carbons (Fsp3) is 0.750. The number of aliphatic hydroxyl groups excluding tert-OH is 1. The molecule has 3 heteroatoms. The van der Waals surface area contributed by atoms with Gasteiger partial charge in [-0.3, -0.25) is 4.90 Å². The van der Waals surface area contributed by atoms with E-state index in [1.807, 2.05) is 0 Å². The summed E-state index contributed by atoms with van der Waals surface area (Å²) in [6.45, 7) is 5.98. The molecular formula is C32H50N2O. The Labute approximate surface area is 215 Å². The van der Waals surface area contributed by atoms with E-state index in [1.165, 1.54) is 103 Å². The van der Waals surface area contributed by atoms with Crippen molar-refractivity contribution in [3.8, 4) is 0 Å². The first-order chi connectivity index (χ1) is 17.3. The lowest BCUT2D eigenvalue weighted by Gasteiger charge is -2.64. The van der Waals surface area contributed by atoms with Gasteiger partial charge in [-0.1, -0.05) is 86.6 Å². The average molecular weight is 479 g/mol. The molecule has 0 radical (unpaired) electrons. The first-order valence-electron chi connectivity index (χ1n) is 15.1. The number of hydrogen-bond donors (Lipinski definition) is 1. The van der Waals surface area contributed by atoms with E-state index in [0.29, 0.717) is 12.0 Å². The number of nitrogens with zero attached hydrogens (tertiary/aromatic N) is 2. The highest BCUT2D eigenvalue weighted by molar-refractivity contribution is 5.31. The van der Waals surface area contributed by atoms with Crippen LogP contribution >= 0.6 is 0 Å². The largest absolute Gasteiger partial charge is 0.389 e. The maximum Gasteiger partial charge on any atom is 0.0730 e. The number of rotatable bonds is 0. The van der Waals surface area contributed by atoms with Gasteiger partial charge in [0.25, 0.3) is 0 Å². The van der Waals surface area contributed by atoms with Crippen molar-refractivity contribution in [2.24, 2.45) is 17.3 Å². The highest BCUT2D eigenvalue weighted by atomic mass is 16.3. The van der Waals surface area contributed by atoms with Crippen molar-refractivity contribution in [3.63, 3.8) is 0 Å². The van der Waals surface area contributed by atoms with E-state index >= 15 is 0 Å². The molecule has 7 atom stereocenters. The molecule has 6 rings (SSSR count). The van der Waals surface area contributed by atoms with Gasteiger partial charge in [-0.15, -0.1) is 0 Å². The van der Waals surface area contributed by atoms with Gasteiger partial charge in [0, 0.05) is 37.6 Å². The zero-order chi connectivity index (χ0) is 23.9. The maximum atomic E-state index is 11.2. The van der Waals surface area contributed by atoms with Gasteiger partial charge in [0.05, 0.1) is 6.10 Å². The minimum absolute atomic E-state index is 0.186. The molecule has 6 bridgehead atoms. The SMILES string of the molecule is OC1/C=C\C=C/CCN2CC3C=C4CCCCCCCCCC/C=C\CCN5CCC3C(C1)(C5)C42. The molecule has 35 heavy (non-hydrogen) atoms. The Balaban J connectivity index is 1.43. The van der Waals surface area contributed by atoms with Crippen LogP contribution in [0.4, 0.5) is 0 Å². The Hall–Kier alpha value is -1.16. The number of fused-ring (bicyclic) bond motifs is 1. The van der Waals surface area contributed by atoms with Crippen LogP contribution in [0.15, 0.2) is 48.1 Å². The van der Waals surface area contributed by atoms with Crippen LogP contribution in [0.25, 0.3) is 0 Å². The van der Waals surface area contributed by atoms with Crippen LogP contribution in [0.5, 0.6) is 0 Å². The Kier molecular flexibility index (Phi) is 9.02. The molecule has 5 heterocycles. The Morgan fingerprint density at radius 3 is 2.46 bits per heavy atom. The summed E-state index contributed by atoms with van der Waals surface area (Å²) >= 11 is 0. The van der Waals surface area contributed by atoms with Crippen molar-refractivity contribution in [2.45, 2.75) is 102 Å². The van der Waals surface area contributed by atoms with Crippen LogP contribution in [0.3, 0.4) is 0 Å². The summed E-state index contributed by atoms with van der Waals surface area (Å²) in [5.41, 5.74) is 1.92. The fourth-order valence-corrected chi connectivity index (χ4v) is 8.33. The van der Waals surface area contributed by atoms with Crippen molar-refractivity contribution in [1.82, 2.24) is 9.80 Å². The van der Waals surface area contributed by atoms with Gasteiger partial charge in [0.2, 0.25) is 0 Å². The maximum absolute atomic E-state index is 11.2. The molecule has 0 aromatic heterocycles. The second-order valence-electron chi connectivity index (χ2n) is 12.2. The van der Waals surface area contributed by atoms with Crippen molar-refractivity contribution in [1.29, 1.82) is 0 Å². The molecule has 194 valence electrons. The second kappa shape index (κ2) is 12.4. The molecule has 1 spiro atoms. The van der Waals surface area contributed by atoms with E-state index < -0.39 is 0 Å². The zero-order valence-corrected chi connectivity index (χ0v) is 22.1. The third-order valence-corrected chi connectivity index (χ3v) is 9.78. The summed E-state index contributed by atoms with van der Waals surface area (Å²) < 4.78 is 0. The molecule has 0 aromatic rings. The third-order valence-electron chi connectivity index (χ3n) is 9.78. The highest BCUT2D eigenvalue weighted by Crippen LogP contribution is 2.57. The van der Waals surface area contributed by atoms with Crippen LogP contribution < -0.4 is 0 Å². The van der Waals surface area contributed by atoms with Gasteiger partial charge in [-0.05, 0) is 69.7 Å². The van der Waals surface area contributed by atoms with E-state index in [2.05, 4.69) is 52.3 Å². The number of piperidine rings is 2. The summed E-state index contributed by atoms with van der Waals surface area (Å²) in [4.78, 5) is 5.62. The van der Waals surface area contributed by atoms with Gasteiger partial charge in [0.15, 0.2) is 0 Å². The minimum atomic E-state index is -0.343. The van der Waals surface area contributed by atoms with Crippen LogP contribution in [0.2, 0.25) is 0 Å². The molecule has 0 saturated carbocycles. The van der Waals surface area contributed by atoms with E-state index in [1.54, 1.807) is 5.57 Å². The number of allylic oxidation sites excluding steroid dienone is 3. The molecular weight excluding hydrogens is 428 g/mol. The second-order valence-corrected chi connectivity index (χ2v) is 12.2. The quantitative estimate of drug-likeness (QED) is 0.394. The summed E-state index contributed by atoms with van der Waals surface area (Å²) in [7, 11) is 0. The third kappa shape index (κ3) is 6.05. The molecule has 1 aliphatic carbocycles. The van der Waals surface area contributed by atoms with E-state index in [4.69, 9.17) is 0 Å². The lowest BCUT2D eigenvalue weighted by Crippen LogP contribution is -2.69. The van der Waals surface area contributed by atoms with Crippen LogP contribution in [-0.4, -0.2) is 59.8 Å². The van der Waals surface area contributed by atoms with E-state index in [0.717, 1.165) is 25.3 Å². The summed E-state index contributed by atoms with van der Waals surface area (Å²) in [6, 6.07) is 0.521. The smallest absolute Gasteiger partial charge is 0.0730 e. The highest BCUT2D eigenvalue weighted by Gasteiger charge is 2.59. The lowest BCUT2D eigenvalue weighted by molar-refractivity contribution is -0.120. The Morgan fingerprint density at radius 1 is 0.800 bits per heavy atom. The summed E-state index contributed by atoms with van der Waals surface area (Å²) in [6.07, 6.45) is 34.1. The topological polar surface area (TPSA) is 26.7 Å². The molecule has 0 amide bonds. The molecule has 6 aliphatic rings. The molecule has 5 aliphatic heterocycles. The molecule has 2 saturated heterocycles. The van der Waals surface area contributed by atoms with E-state index in [-0.39, 0.29) is 11.5 Å². The summed E-state index contributed by atoms with van der Waals surface area (Å²) in [5.74, 6) is 1.40. The van der Waals surface area contributed by atoms with Crippen molar-refractivity contribution in [3.05, 3.63) is 48.1 Å².